The maximum Gasteiger partial charge on any atom is 0.387 e. The van der Waals surface area contributed by atoms with E-state index in [0.29, 0.717) is 16.1 Å². The summed E-state index contributed by atoms with van der Waals surface area (Å²) < 4.78 is 34.3. The Balaban J connectivity index is 2.03. The molecule has 0 aromatic heterocycles. The summed E-state index contributed by atoms with van der Waals surface area (Å²) in [6.07, 6.45) is 0. The Morgan fingerprint density at radius 3 is 2.30 bits per heavy atom. The molecule has 0 fully saturated rings. The highest BCUT2D eigenvalue weighted by atomic mass is 35.5. The second kappa shape index (κ2) is 10.8. The topological polar surface area (TPSA) is 76.7 Å². The lowest BCUT2D eigenvalue weighted by atomic mass is 10.0. The van der Waals surface area contributed by atoms with Gasteiger partial charge in [-0.15, -0.1) is 0 Å². The summed E-state index contributed by atoms with van der Waals surface area (Å²) in [4.78, 5) is 25.1. The lowest BCUT2D eigenvalue weighted by Gasteiger charge is -2.22. The largest absolute Gasteiger partial charge is 0.493 e. The predicted molar refractivity (Wildman–Crippen MR) is 109 cm³/mol. The quantitative estimate of drug-likeness (QED) is 0.617. The Labute approximate surface area is 178 Å². The Bertz CT molecular complexity index is 876. The molecule has 0 saturated carbocycles. The first-order valence-corrected chi connectivity index (χ1v) is 9.55. The van der Waals surface area contributed by atoms with E-state index in [2.05, 4.69) is 15.4 Å². The van der Waals surface area contributed by atoms with Crippen molar-refractivity contribution in [3.8, 4) is 11.5 Å². The highest BCUT2D eigenvalue weighted by Crippen LogP contribution is 2.29. The molecule has 1 atom stereocenters. The van der Waals surface area contributed by atoms with Gasteiger partial charge >= 0.3 is 6.61 Å². The van der Waals surface area contributed by atoms with Crippen molar-refractivity contribution in [2.75, 3.05) is 7.11 Å². The second-order valence-electron chi connectivity index (χ2n) is 6.78. The smallest absolute Gasteiger partial charge is 0.387 e. The fourth-order valence-electron chi connectivity index (χ4n) is 2.68. The number of rotatable bonds is 9. The van der Waals surface area contributed by atoms with E-state index in [1.54, 1.807) is 24.3 Å². The number of hydrogen-bond donors (Lipinski definition) is 2. The molecular weight excluding hydrogens is 418 g/mol. The highest BCUT2D eigenvalue weighted by Gasteiger charge is 2.24. The van der Waals surface area contributed by atoms with Gasteiger partial charge in [0, 0.05) is 17.1 Å². The summed E-state index contributed by atoms with van der Waals surface area (Å²) in [6, 6.07) is 9.94. The van der Waals surface area contributed by atoms with Gasteiger partial charge in [0.2, 0.25) is 5.91 Å². The number of benzene rings is 2. The van der Waals surface area contributed by atoms with E-state index in [-0.39, 0.29) is 29.9 Å². The summed E-state index contributed by atoms with van der Waals surface area (Å²) in [7, 11) is 1.33. The van der Waals surface area contributed by atoms with Gasteiger partial charge in [-0.25, -0.2) is 0 Å². The Hall–Kier alpha value is -2.87. The second-order valence-corrected chi connectivity index (χ2v) is 7.22. The molecule has 162 valence electrons. The van der Waals surface area contributed by atoms with Crippen LogP contribution in [0.15, 0.2) is 42.5 Å². The first kappa shape index (κ1) is 23.4. The number of methoxy groups -OCH3 is 1. The molecule has 2 aromatic carbocycles. The van der Waals surface area contributed by atoms with Crippen LogP contribution >= 0.6 is 11.6 Å². The first-order chi connectivity index (χ1) is 14.2. The first-order valence-electron chi connectivity index (χ1n) is 9.17. The standard InChI is InChI=1S/C21H23ClF2N2O4/c1-12(2)18(26-19(27)14-5-7-15(22)8-6-14)20(28)25-11-13-4-9-16(30-21(23)24)17(10-13)29-3/h4-10,12,18,21H,11H2,1-3H3,(H,25,28)(H,26,27)/t18-/m0/s1. The average Bonchev–Trinajstić information content (AvgIpc) is 2.70. The zero-order valence-corrected chi connectivity index (χ0v) is 17.5. The van der Waals surface area contributed by atoms with Gasteiger partial charge in [0.1, 0.15) is 6.04 Å². The number of hydrogen-bond acceptors (Lipinski definition) is 4. The third-order valence-electron chi connectivity index (χ3n) is 4.25. The van der Waals surface area contributed by atoms with E-state index < -0.39 is 18.6 Å². The van der Waals surface area contributed by atoms with Crippen molar-refractivity contribution in [1.29, 1.82) is 0 Å². The maximum absolute atomic E-state index is 12.6. The molecule has 2 rings (SSSR count). The lowest BCUT2D eigenvalue weighted by molar-refractivity contribution is -0.124. The monoisotopic (exact) mass is 440 g/mol. The normalized spacial score (nSPS) is 11.9. The lowest BCUT2D eigenvalue weighted by Crippen LogP contribution is -2.49. The van der Waals surface area contributed by atoms with Gasteiger partial charge in [0.25, 0.3) is 5.91 Å². The van der Waals surface area contributed by atoms with E-state index in [0.717, 1.165) is 0 Å². The number of nitrogens with one attached hydrogen (secondary N) is 2. The number of carbonyl (C=O) groups is 2. The van der Waals surface area contributed by atoms with E-state index in [1.165, 1.54) is 25.3 Å². The van der Waals surface area contributed by atoms with Crippen molar-refractivity contribution in [2.45, 2.75) is 33.0 Å². The zero-order valence-electron chi connectivity index (χ0n) is 16.7. The molecule has 0 saturated heterocycles. The van der Waals surface area contributed by atoms with Crippen LogP contribution in [0.25, 0.3) is 0 Å². The number of carbonyl (C=O) groups excluding carboxylic acids is 2. The molecule has 0 spiro atoms. The maximum atomic E-state index is 12.6. The molecule has 0 radical (unpaired) electrons. The van der Waals surface area contributed by atoms with Crippen molar-refractivity contribution in [3.05, 3.63) is 58.6 Å². The minimum atomic E-state index is -2.97. The minimum absolute atomic E-state index is 0.0992. The van der Waals surface area contributed by atoms with E-state index in [1.807, 2.05) is 13.8 Å². The van der Waals surface area contributed by atoms with Crippen molar-refractivity contribution in [2.24, 2.45) is 5.92 Å². The summed E-state index contributed by atoms with van der Waals surface area (Å²) in [5, 5.41) is 5.96. The third kappa shape index (κ3) is 6.59. The third-order valence-corrected chi connectivity index (χ3v) is 4.50. The van der Waals surface area contributed by atoms with E-state index in [4.69, 9.17) is 16.3 Å². The van der Waals surface area contributed by atoms with Crippen molar-refractivity contribution in [3.63, 3.8) is 0 Å². The van der Waals surface area contributed by atoms with Crippen LogP contribution in [-0.4, -0.2) is 31.6 Å². The Morgan fingerprint density at radius 1 is 1.07 bits per heavy atom. The fourth-order valence-corrected chi connectivity index (χ4v) is 2.80. The van der Waals surface area contributed by atoms with Crippen LogP contribution in [0.1, 0.15) is 29.8 Å². The summed E-state index contributed by atoms with van der Waals surface area (Å²) >= 11 is 5.83. The molecule has 0 aliphatic rings. The van der Waals surface area contributed by atoms with Crippen LogP contribution < -0.4 is 20.1 Å². The Morgan fingerprint density at radius 2 is 1.73 bits per heavy atom. The van der Waals surface area contributed by atoms with Crippen LogP contribution in [0.2, 0.25) is 5.02 Å². The van der Waals surface area contributed by atoms with Crippen molar-refractivity contribution >= 4 is 23.4 Å². The van der Waals surface area contributed by atoms with E-state index in [9.17, 15) is 18.4 Å². The van der Waals surface area contributed by atoms with Crippen LogP contribution in [0.3, 0.4) is 0 Å². The minimum Gasteiger partial charge on any atom is -0.493 e. The fraction of sp³-hybridized carbons (Fsp3) is 0.333. The highest BCUT2D eigenvalue weighted by molar-refractivity contribution is 6.30. The van der Waals surface area contributed by atoms with Crippen LogP contribution in [0.4, 0.5) is 8.78 Å². The van der Waals surface area contributed by atoms with Gasteiger partial charge < -0.3 is 20.1 Å². The predicted octanol–water partition coefficient (Wildman–Crippen LogP) is 4.02. The van der Waals surface area contributed by atoms with Gasteiger partial charge in [0.15, 0.2) is 11.5 Å². The number of ether oxygens (including phenoxy) is 2. The van der Waals surface area contributed by atoms with Crippen LogP contribution in [-0.2, 0) is 11.3 Å². The molecule has 9 heteroatoms. The van der Waals surface area contributed by atoms with Crippen LogP contribution in [0.5, 0.6) is 11.5 Å². The molecule has 0 bridgehead atoms. The molecule has 30 heavy (non-hydrogen) atoms. The molecule has 0 aliphatic carbocycles. The van der Waals surface area contributed by atoms with Gasteiger partial charge in [-0.05, 0) is 47.9 Å². The zero-order chi connectivity index (χ0) is 22.3. The van der Waals surface area contributed by atoms with Crippen LogP contribution in [0, 0.1) is 5.92 Å². The molecule has 2 aromatic rings. The SMILES string of the molecule is COc1cc(CNC(=O)[C@@H](NC(=O)c2ccc(Cl)cc2)C(C)C)ccc1OC(F)F. The molecule has 6 nitrogen and oxygen atoms in total. The molecule has 2 N–H and O–H groups in total. The Kier molecular flexibility index (Phi) is 8.41. The summed E-state index contributed by atoms with van der Waals surface area (Å²) in [6.45, 7) is 0.766. The molecular formula is C21H23ClF2N2O4. The molecule has 2 amide bonds. The van der Waals surface area contributed by atoms with Gasteiger partial charge in [-0.2, -0.15) is 8.78 Å². The summed E-state index contributed by atoms with van der Waals surface area (Å²) in [5.41, 5.74) is 1.01. The summed E-state index contributed by atoms with van der Waals surface area (Å²) in [5.74, 6) is -0.913. The molecule has 0 aliphatic heterocycles. The van der Waals surface area contributed by atoms with Gasteiger partial charge in [-0.1, -0.05) is 31.5 Å². The number of alkyl halides is 2. The average molecular weight is 441 g/mol. The van der Waals surface area contributed by atoms with Crippen molar-refractivity contribution in [1.82, 2.24) is 10.6 Å². The van der Waals surface area contributed by atoms with Gasteiger partial charge in [0.05, 0.1) is 7.11 Å². The van der Waals surface area contributed by atoms with E-state index >= 15 is 0 Å². The molecule has 0 heterocycles. The molecule has 0 unspecified atom stereocenters. The number of amides is 2. The number of halogens is 3. The van der Waals surface area contributed by atoms with Gasteiger partial charge in [-0.3, -0.25) is 9.59 Å². The van der Waals surface area contributed by atoms with Crippen molar-refractivity contribution < 1.29 is 27.8 Å².